The second kappa shape index (κ2) is 5.95. The first kappa shape index (κ1) is 13.0. The van der Waals surface area contributed by atoms with Crippen molar-refractivity contribution in [3.63, 3.8) is 0 Å². The minimum Gasteiger partial charge on any atom is -0.493 e. The third-order valence-corrected chi connectivity index (χ3v) is 3.68. The van der Waals surface area contributed by atoms with Crippen molar-refractivity contribution >= 4 is 5.78 Å². The van der Waals surface area contributed by atoms with Gasteiger partial charge in [0, 0.05) is 25.7 Å². The third-order valence-electron chi connectivity index (χ3n) is 3.68. The Morgan fingerprint density at radius 3 is 2.90 bits per heavy atom. The Kier molecular flexibility index (Phi) is 3.86. The summed E-state index contributed by atoms with van der Waals surface area (Å²) < 4.78 is 10.7. The lowest BCUT2D eigenvalue weighted by molar-refractivity contribution is -0.119. The molecule has 0 amide bonds. The normalized spacial score (nSPS) is 13.0. The fourth-order valence-corrected chi connectivity index (χ4v) is 2.52. The number of ketones is 1. The van der Waals surface area contributed by atoms with E-state index in [1.165, 1.54) is 11.1 Å². The van der Waals surface area contributed by atoms with Gasteiger partial charge in [-0.25, -0.2) is 0 Å². The van der Waals surface area contributed by atoms with Crippen LogP contribution in [0, 0.1) is 0 Å². The number of carbonyl (C=O) groups is 1. The van der Waals surface area contributed by atoms with Crippen molar-refractivity contribution in [3.8, 4) is 5.75 Å². The lowest BCUT2D eigenvalue weighted by Crippen LogP contribution is -2.02. The van der Waals surface area contributed by atoms with Crippen LogP contribution in [0.25, 0.3) is 0 Å². The van der Waals surface area contributed by atoms with Crippen molar-refractivity contribution in [3.05, 3.63) is 53.5 Å². The van der Waals surface area contributed by atoms with Crippen molar-refractivity contribution < 1.29 is 13.9 Å². The molecule has 0 bridgehead atoms. The van der Waals surface area contributed by atoms with E-state index >= 15 is 0 Å². The molecule has 1 aliphatic heterocycles. The molecule has 0 unspecified atom stereocenters. The Labute approximate surface area is 118 Å². The number of fused-ring (bicyclic) bond motifs is 1. The predicted molar refractivity (Wildman–Crippen MR) is 76.0 cm³/mol. The first-order valence-electron chi connectivity index (χ1n) is 7.10. The Morgan fingerprint density at radius 2 is 2.05 bits per heavy atom. The highest BCUT2D eigenvalue weighted by Crippen LogP contribution is 2.26. The predicted octanol–water partition coefficient (Wildman–Crippen LogP) is 3.35. The van der Waals surface area contributed by atoms with Crippen LogP contribution >= 0.6 is 0 Å². The molecule has 2 heterocycles. The highest BCUT2D eigenvalue weighted by atomic mass is 16.5. The third kappa shape index (κ3) is 3.10. The van der Waals surface area contributed by atoms with Crippen LogP contribution in [0.4, 0.5) is 0 Å². The number of Topliss-reactive ketones (excluding diaryl/α,β-unsaturated/α-hetero) is 1. The van der Waals surface area contributed by atoms with E-state index < -0.39 is 0 Å². The van der Waals surface area contributed by atoms with Gasteiger partial charge in [-0.3, -0.25) is 4.79 Å². The summed E-state index contributed by atoms with van der Waals surface area (Å²) in [5.74, 6) is 2.17. The molecule has 0 saturated carbocycles. The number of carbonyl (C=O) groups excluding carboxylic acids is 1. The number of hydrogen-bond acceptors (Lipinski definition) is 3. The lowest BCUT2D eigenvalue weighted by atomic mass is 10.0. The molecule has 0 fully saturated rings. The van der Waals surface area contributed by atoms with Crippen LogP contribution in [0.3, 0.4) is 0 Å². The van der Waals surface area contributed by atoms with Gasteiger partial charge in [-0.05, 0) is 35.7 Å². The Balaban J connectivity index is 1.48. The van der Waals surface area contributed by atoms with Crippen molar-refractivity contribution in [1.82, 2.24) is 0 Å². The minimum atomic E-state index is 0.290. The average molecular weight is 270 g/mol. The maximum absolute atomic E-state index is 11.9. The van der Waals surface area contributed by atoms with Gasteiger partial charge in [-0.15, -0.1) is 0 Å². The molecule has 20 heavy (non-hydrogen) atoms. The molecule has 1 aromatic carbocycles. The van der Waals surface area contributed by atoms with Crippen LogP contribution in [-0.4, -0.2) is 12.4 Å². The Morgan fingerprint density at radius 1 is 1.15 bits per heavy atom. The lowest BCUT2D eigenvalue weighted by Gasteiger charge is -2.04. The molecule has 0 atom stereocenters. The van der Waals surface area contributed by atoms with Gasteiger partial charge in [0.2, 0.25) is 0 Å². The first-order valence-corrected chi connectivity index (χ1v) is 7.10. The molecule has 1 aromatic heterocycles. The second-order valence-electron chi connectivity index (χ2n) is 5.16. The standard InChI is InChI=1S/C17H18O3/c18-15(6-7-16-2-1-10-19-16)5-3-13-4-8-17-14(12-13)9-11-20-17/h1-2,4,8,10,12H,3,5-7,9,11H2. The van der Waals surface area contributed by atoms with Crippen LogP contribution in [0.2, 0.25) is 0 Å². The van der Waals surface area contributed by atoms with Gasteiger partial charge in [0.05, 0.1) is 12.9 Å². The Hall–Kier alpha value is -2.03. The first-order chi connectivity index (χ1) is 9.81. The summed E-state index contributed by atoms with van der Waals surface area (Å²) in [6.07, 6.45) is 5.29. The SMILES string of the molecule is O=C(CCc1ccc2c(c1)CCO2)CCc1ccco1. The summed E-state index contributed by atoms with van der Waals surface area (Å²) in [6, 6.07) is 10.0. The average Bonchev–Trinajstić information content (AvgIpc) is 3.13. The molecule has 0 N–H and O–H groups in total. The van der Waals surface area contributed by atoms with Crippen LogP contribution in [0.5, 0.6) is 5.75 Å². The van der Waals surface area contributed by atoms with Crippen molar-refractivity contribution in [1.29, 1.82) is 0 Å². The van der Waals surface area contributed by atoms with Gasteiger partial charge >= 0.3 is 0 Å². The topological polar surface area (TPSA) is 39.4 Å². The fourth-order valence-electron chi connectivity index (χ4n) is 2.52. The summed E-state index contributed by atoms with van der Waals surface area (Å²) in [7, 11) is 0. The van der Waals surface area contributed by atoms with E-state index in [2.05, 4.69) is 12.1 Å². The zero-order valence-corrected chi connectivity index (χ0v) is 11.4. The molecule has 0 aliphatic carbocycles. The van der Waals surface area contributed by atoms with Crippen LogP contribution in [0.15, 0.2) is 41.0 Å². The maximum Gasteiger partial charge on any atom is 0.133 e. The highest BCUT2D eigenvalue weighted by Gasteiger charge is 2.12. The van der Waals surface area contributed by atoms with Gasteiger partial charge in [0.1, 0.15) is 17.3 Å². The van der Waals surface area contributed by atoms with Crippen molar-refractivity contribution in [2.24, 2.45) is 0 Å². The van der Waals surface area contributed by atoms with E-state index in [4.69, 9.17) is 9.15 Å². The highest BCUT2D eigenvalue weighted by molar-refractivity contribution is 5.78. The number of rotatable bonds is 6. The molecule has 1 aliphatic rings. The summed E-state index contributed by atoms with van der Waals surface area (Å²) in [5, 5.41) is 0. The minimum absolute atomic E-state index is 0.290. The maximum atomic E-state index is 11.9. The van der Waals surface area contributed by atoms with E-state index in [-0.39, 0.29) is 5.78 Å². The smallest absolute Gasteiger partial charge is 0.133 e. The number of furan rings is 1. The molecule has 2 aromatic rings. The molecule has 0 saturated heterocycles. The fraction of sp³-hybridized carbons (Fsp3) is 0.353. The Bertz CT molecular complexity index is 584. The van der Waals surface area contributed by atoms with Gasteiger partial charge < -0.3 is 9.15 Å². The van der Waals surface area contributed by atoms with Gasteiger partial charge in [-0.2, -0.15) is 0 Å². The van der Waals surface area contributed by atoms with Crippen molar-refractivity contribution in [2.45, 2.75) is 32.1 Å². The molecule has 3 heteroatoms. The van der Waals surface area contributed by atoms with Crippen LogP contribution in [-0.2, 0) is 24.1 Å². The zero-order valence-electron chi connectivity index (χ0n) is 11.4. The van der Waals surface area contributed by atoms with E-state index in [0.29, 0.717) is 19.3 Å². The summed E-state index contributed by atoms with van der Waals surface area (Å²) in [6.45, 7) is 0.779. The second-order valence-corrected chi connectivity index (χ2v) is 5.16. The number of benzene rings is 1. The number of ether oxygens (including phenoxy) is 1. The molecule has 3 nitrogen and oxygen atoms in total. The van der Waals surface area contributed by atoms with E-state index in [0.717, 1.165) is 31.0 Å². The largest absolute Gasteiger partial charge is 0.493 e. The quantitative estimate of drug-likeness (QED) is 0.808. The van der Waals surface area contributed by atoms with E-state index in [1.54, 1.807) is 6.26 Å². The molecular weight excluding hydrogens is 252 g/mol. The monoisotopic (exact) mass is 270 g/mol. The molecule has 3 rings (SSSR count). The van der Waals surface area contributed by atoms with Crippen LogP contribution in [0.1, 0.15) is 29.7 Å². The van der Waals surface area contributed by atoms with E-state index in [9.17, 15) is 4.79 Å². The summed E-state index contributed by atoms with van der Waals surface area (Å²) in [4.78, 5) is 11.9. The molecular formula is C17H18O3. The van der Waals surface area contributed by atoms with E-state index in [1.807, 2.05) is 18.2 Å². The number of aryl methyl sites for hydroxylation is 2. The molecule has 0 radical (unpaired) electrons. The summed E-state index contributed by atoms with van der Waals surface area (Å²) >= 11 is 0. The zero-order chi connectivity index (χ0) is 13.8. The van der Waals surface area contributed by atoms with Crippen LogP contribution < -0.4 is 4.74 Å². The molecule has 0 spiro atoms. The van der Waals surface area contributed by atoms with Gasteiger partial charge in [0.25, 0.3) is 0 Å². The summed E-state index contributed by atoms with van der Waals surface area (Å²) in [5.41, 5.74) is 2.49. The van der Waals surface area contributed by atoms with Gasteiger partial charge in [-0.1, -0.05) is 12.1 Å². The number of hydrogen-bond donors (Lipinski definition) is 0. The van der Waals surface area contributed by atoms with Gasteiger partial charge in [0.15, 0.2) is 0 Å². The van der Waals surface area contributed by atoms with Crippen molar-refractivity contribution in [2.75, 3.05) is 6.61 Å². The molecule has 104 valence electrons.